The van der Waals surface area contributed by atoms with Crippen molar-refractivity contribution in [2.24, 2.45) is 0 Å². The van der Waals surface area contributed by atoms with Crippen molar-refractivity contribution in [2.45, 2.75) is 38.1 Å². The number of halogens is 2. The third-order valence-corrected chi connectivity index (χ3v) is 3.34. The van der Waals surface area contributed by atoms with Gasteiger partial charge in [0.05, 0.1) is 6.54 Å². The zero-order valence-corrected chi connectivity index (χ0v) is 10.2. The molecule has 1 aliphatic rings. The van der Waals surface area contributed by atoms with Crippen molar-refractivity contribution in [3.63, 3.8) is 0 Å². The predicted octanol–water partition coefficient (Wildman–Crippen LogP) is 2.61. The number of ketones is 1. The summed E-state index contributed by atoms with van der Waals surface area (Å²) in [5, 5.41) is 3.17. The van der Waals surface area contributed by atoms with Crippen LogP contribution in [0.4, 0.5) is 8.78 Å². The van der Waals surface area contributed by atoms with Crippen molar-refractivity contribution >= 4 is 5.78 Å². The number of carbonyl (C=O) groups is 1. The molecule has 0 atom stereocenters. The van der Waals surface area contributed by atoms with Gasteiger partial charge in [-0.15, -0.1) is 0 Å². The number of carbonyl (C=O) groups excluding carboxylic acids is 1. The highest BCUT2D eigenvalue weighted by molar-refractivity contribution is 5.82. The molecule has 2 nitrogen and oxygen atoms in total. The molecule has 0 saturated heterocycles. The van der Waals surface area contributed by atoms with Crippen molar-refractivity contribution in [3.8, 4) is 0 Å². The Morgan fingerprint density at radius 1 is 1.28 bits per heavy atom. The van der Waals surface area contributed by atoms with Crippen molar-refractivity contribution in [1.82, 2.24) is 5.32 Å². The summed E-state index contributed by atoms with van der Waals surface area (Å²) < 4.78 is 26.3. The topological polar surface area (TPSA) is 29.1 Å². The largest absolute Gasteiger partial charge is 0.307 e. The van der Waals surface area contributed by atoms with Crippen LogP contribution in [0.25, 0.3) is 0 Å². The van der Waals surface area contributed by atoms with E-state index in [4.69, 9.17) is 0 Å². The molecule has 1 aromatic rings. The summed E-state index contributed by atoms with van der Waals surface area (Å²) >= 11 is 0. The number of nitrogens with one attached hydrogen (secondary N) is 1. The lowest BCUT2D eigenvalue weighted by Gasteiger charge is -2.11. The highest BCUT2D eigenvalue weighted by atomic mass is 19.1. The lowest BCUT2D eigenvalue weighted by Crippen LogP contribution is -2.32. The molecule has 1 fully saturated rings. The molecule has 1 saturated carbocycles. The Kier molecular flexibility index (Phi) is 4.42. The maximum Gasteiger partial charge on any atom is 0.151 e. The van der Waals surface area contributed by atoms with Gasteiger partial charge in [-0.1, -0.05) is 12.8 Å². The summed E-state index contributed by atoms with van der Waals surface area (Å²) in [4.78, 5) is 11.7. The van der Waals surface area contributed by atoms with Crippen LogP contribution in [-0.2, 0) is 11.2 Å². The van der Waals surface area contributed by atoms with Gasteiger partial charge in [0.15, 0.2) is 5.78 Å². The number of Topliss-reactive ketones (excluding diaryl/α,β-unsaturated/α-hetero) is 1. The third-order valence-electron chi connectivity index (χ3n) is 3.34. The Labute approximate surface area is 105 Å². The predicted molar refractivity (Wildman–Crippen MR) is 65.3 cm³/mol. The van der Waals surface area contributed by atoms with E-state index in [1.165, 1.54) is 12.8 Å². The van der Waals surface area contributed by atoms with Gasteiger partial charge in [0.2, 0.25) is 0 Å². The van der Waals surface area contributed by atoms with E-state index in [9.17, 15) is 13.6 Å². The Bertz CT molecular complexity index is 428. The first-order chi connectivity index (χ1) is 8.65. The molecule has 0 spiro atoms. The molecule has 0 unspecified atom stereocenters. The summed E-state index contributed by atoms with van der Waals surface area (Å²) in [5.41, 5.74) is 0.133. The van der Waals surface area contributed by atoms with E-state index in [1.807, 2.05) is 0 Å². The van der Waals surface area contributed by atoms with Gasteiger partial charge >= 0.3 is 0 Å². The normalized spacial score (nSPS) is 16.1. The number of hydrogen-bond acceptors (Lipinski definition) is 2. The maximum atomic E-state index is 13.3. The van der Waals surface area contributed by atoms with Crippen LogP contribution in [0.2, 0.25) is 0 Å². The van der Waals surface area contributed by atoms with Crippen LogP contribution in [0.5, 0.6) is 0 Å². The van der Waals surface area contributed by atoms with Gasteiger partial charge in [0.25, 0.3) is 0 Å². The Morgan fingerprint density at radius 3 is 2.72 bits per heavy atom. The second-order valence-electron chi connectivity index (χ2n) is 4.81. The van der Waals surface area contributed by atoms with E-state index in [0.29, 0.717) is 6.04 Å². The minimum absolute atomic E-state index is 0.0523. The van der Waals surface area contributed by atoms with Crippen LogP contribution in [0.1, 0.15) is 31.2 Å². The average Bonchev–Trinajstić information content (AvgIpc) is 2.84. The number of rotatable bonds is 5. The third kappa shape index (κ3) is 3.60. The molecule has 0 heterocycles. The summed E-state index contributed by atoms with van der Waals surface area (Å²) in [5.74, 6) is -1.14. The fourth-order valence-electron chi connectivity index (χ4n) is 2.34. The maximum absolute atomic E-state index is 13.3. The van der Waals surface area contributed by atoms with E-state index < -0.39 is 11.6 Å². The molecule has 0 bridgehead atoms. The number of hydrogen-bond donors (Lipinski definition) is 1. The van der Waals surface area contributed by atoms with Crippen LogP contribution < -0.4 is 5.32 Å². The monoisotopic (exact) mass is 253 g/mol. The molecule has 98 valence electrons. The molecule has 18 heavy (non-hydrogen) atoms. The highest BCUT2D eigenvalue weighted by Crippen LogP contribution is 2.17. The van der Waals surface area contributed by atoms with E-state index >= 15 is 0 Å². The van der Waals surface area contributed by atoms with Crippen LogP contribution in [-0.4, -0.2) is 18.4 Å². The Morgan fingerprint density at radius 2 is 2.00 bits per heavy atom. The van der Waals surface area contributed by atoms with Gasteiger partial charge in [0, 0.05) is 12.5 Å². The van der Waals surface area contributed by atoms with E-state index in [1.54, 1.807) is 0 Å². The fraction of sp³-hybridized carbons (Fsp3) is 0.500. The summed E-state index contributed by atoms with van der Waals surface area (Å²) in [7, 11) is 0. The molecular formula is C14H17F2NO. The van der Waals surface area contributed by atoms with E-state index in [0.717, 1.165) is 31.0 Å². The van der Waals surface area contributed by atoms with Crippen LogP contribution in [0, 0.1) is 11.6 Å². The van der Waals surface area contributed by atoms with Crippen molar-refractivity contribution in [3.05, 3.63) is 35.4 Å². The van der Waals surface area contributed by atoms with Crippen molar-refractivity contribution in [2.75, 3.05) is 6.54 Å². The lowest BCUT2D eigenvalue weighted by molar-refractivity contribution is -0.117. The zero-order valence-electron chi connectivity index (χ0n) is 10.2. The number of benzene rings is 1. The Hall–Kier alpha value is -1.29. The van der Waals surface area contributed by atoms with Crippen molar-refractivity contribution < 1.29 is 13.6 Å². The second kappa shape index (κ2) is 6.05. The first-order valence-electron chi connectivity index (χ1n) is 6.34. The Balaban J connectivity index is 1.84. The molecule has 1 N–H and O–H groups in total. The second-order valence-corrected chi connectivity index (χ2v) is 4.81. The van der Waals surface area contributed by atoms with Gasteiger partial charge in [-0.25, -0.2) is 8.78 Å². The van der Waals surface area contributed by atoms with E-state index in [2.05, 4.69) is 5.32 Å². The standard InChI is InChI=1S/C14H17F2NO/c15-11-5-6-14(16)10(7-11)8-13(18)9-17-12-3-1-2-4-12/h5-7,12,17H,1-4,8-9H2. The molecule has 1 aromatic carbocycles. The molecule has 2 rings (SSSR count). The highest BCUT2D eigenvalue weighted by Gasteiger charge is 2.16. The lowest BCUT2D eigenvalue weighted by atomic mass is 10.1. The SMILES string of the molecule is O=C(CNC1CCCC1)Cc1cc(F)ccc1F. The van der Waals surface area contributed by atoms with Gasteiger partial charge in [0.1, 0.15) is 11.6 Å². The minimum Gasteiger partial charge on any atom is -0.307 e. The van der Waals surface area contributed by atoms with Gasteiger partial charge in [-0.3, -0.25) is 4.79 Å². The zero-order chi connectivity index (χ0) is 13.0. The summed E-state index contributed by atoms with van der Waals surface area (Å²) in [6.45, 7) is 0.237. The van der Waals surface area contributed by atoms with E-state index in [-0.39, 0.29) is 24.3 Å². The van der Waals surface area contributed by atoms with Gasteiger partial charge < -0.3 is 5.32 Å². The molecule has 0 aliphatic heterocycles. The summed E-state index contributed by atoms with van der Waals surface area (Å²) in [6, 6.07) is 3.61. The van der Waals surface area contributed by atoms with Crippen LogP contribution in [0.3, 0.4) is 0 Å². The molecule has 1 aliphatic carbocycles. The molecule has 0 radical (unpaired) electrons. The fourth-order valence-corrected chi connectivity index (χ4v) is 2.34. The summed E-state index contributed by atoms with van der Waals surface area (Å²) in [6.07, 6.45) is 4.54. The van der Waals surface area contributed by atoms with Crippen LogP contribution in [0.15, 0.2) is 18.2 Å². The smallest absolute Gasteiger partial charge is 0.151 e. The van der Waals surface area contributed by atoms with Crippen LogP contribution >= 0.6 is 0 Å². The molecule has 4 heteroatoms. The first kappa shape index (κ1) is 13.1. The molecule has 0 amide bonds. The first-order valence-corrected chi connectivity index (χ1v) is 6.34. The molecular weight excluding hydrogens is 236 g/mol. The molecule has 0 aromatic heterocycles. The quantitative estimate of drug-likeness (QED) is 0.874. The average molecular weight is 253 g/mol. The van der Waals surface area contributed by atoms with Gasteiger partial charge in [-0.2, -0.15) is 0 Å². The minimum atomic E-state index is -0.523. The van der Waals surface area contributed by atoms with Gasteiger partial charge in [-0.05, 0) is 36.6 Å². The van der Waals surface area contributed by atoms with Crippen molar-refractivity contribution in [1.29, 1.82) is 0 Å².